The zero-order valence-corrected chi connectivity index (χ0v) is 24.8. The van der Waals surface area contributed by atoms with Crippen molar-refractivity contribution in [3.8, 4) is 11.5 Å². The summed E-state index contributed by atoms with van der Waals surface area (Å²) in [4.78, 5) is 31.7. The summed E-state index contributed by atoms with van der Waals surface area (Å²) in [6.45, 7) is 9.83. The van der Waals surface area contributed by atoms with Crippen LogP contribution in [0.1, 0.15) is 57.1 Å². The molecule has 0 unspecified atom stereocenters. The molecule has 0 aliphatic heterocycles. The quantitative estimate of drug-likeness (QED) is 0.240. The number of carbonyl (C=O) groups excluding carboxylic acids is 2. The maximum atomic E-state index is 12.0. The topological polar surface area (TPSA) is 65.6 Å². The van der Waals surface area contributed by atoms with Crippen LogP contribution in [-0.4, -0.2) is 86.2 Å². The minimum atomic E-state index is -0.357. The summed E-state index contributed by atoms with van der Waals surface area (Å²) < 4.78 is 11.1. The third-order valence-electron chi connectivity index (χ3n) is 6.70. The van der Waals surface area contributed by atoms with Crippen LogP contribution in [0.3, 0.4) is 0 Å². The average molecular weight is 541 g/mol. The monoisotopic (exact) mass is 540 g/mol. The van der Waals surface area contributed by atoms with Gasteiger partial charge in [0, 0.05) is 52.4 Å². The van der Waals surface area contributed by atoms with Gasteiger partial charge in [0.15, 0.2) is 0 Å². The van der Waals surface area contributed by atoms with Crippen LogP contribution in [0.5, 0.6) is 11.5 Å². The Balaban J connectivity index is 1.72. The van der Waals surface area contributed by atoms with Crippen molar-refractivity contribution in [2.45, 2.75) is 59.0 Å². The van der Waals surface area contributed by atoms with E-state index in [2.05, 4.69) is 23.6 Å². The second-order valence-electron chi connectivity index (χ2n) is 10.2. The Morgan fingerprint density at radius 3 is 1.31 bits per heavy atom. The van der Waals surface area contributed by atoms with Gasteiger partial charge in [0.05, 0.1) is 0 Å². The van der Waals surface area contributed by atoms with Crippen molar-refractivity contribution in [3.63, 3.8) is 0 Å². The Hall–Kier alpha value is -3.10. The van der Waals surface area contributed by atoms with E-state index >= 15 is 0 Å². The molecule has 0 heterocycles. The minimum absolute atomic E-state index is 0.357. The van der Waals surface area contributed by atoms with Gasteiger partial charge in [0.2, 0.25) is 0 Å². The second kappa shape index (κ2) is 17.5. The van der Waals surface area contributed by atoms with Crippen molar-refractivity contribution in [2.24, 2.45) is 0 Å². The molecule has 2 rings (SSSR count). The number of hydrogen-bond acceptors (Lipinski definition) is 6. The summed E-state index contributed by atoms with van der Waals surface area (Å²) in [5.74, 6) is 1.27. The smallest absolute Gasteiger partial charge is 0.410 e. The van der Waals surface area contributed by atoms with Gasteiger partial charge in [-0.25, -0.2) is 9.59 Å². The summed E-state index contributed by atoms with van der Waals surface area (Å²) >= 11 is 0. The Morgan fingerprint density at radius 2 is 0.949 bits per heavy atom. The number of benzene rings is 2. The van der Waals surface area contributed by atoms with Crippen molar-refractivity contribution in [2.75, 3.05) is 54.4 Å². The van der Waals surface area contributed by atoms with Crippen LogP contribution >= 0.6 is 0 Å². The van der Waals surface area contributed by atoms with Gasteiger partial charge in [-0.3, -0.25) is 9.80 Å². The molecule has 216 valence electrons. The molecular weight excluding hydrogens is 492 g/mol. The van der Waals surface area contributed by atoms with E-state index in [4.69, 9.17) is 9.47 Å². The van der Waals surface area contributed by atoms with E-state index in [9.17, 15) is 9.59 Å². The molecule has 2 aromatic rings. The van der Waals surface area contributed by atoms with Gasteiger partial charge in [0.25, 0.3) is 0 Å². The third-order valence-corrected chi connectivity index (χ3v) is 6.70. The van der Waals surface area contributed by atoms with E-state index in [0.29, 0.717) is 11.5 Å². The van der Waals surface area contributed by atoms with Gasteiger partial charge in [0.1, 0.15) is 11.5 Å². The van der Waals surface area contributed by atoms with Crippen molar-refractivity contribution >= 4 is 12.2 Å². The lowest BCUT2D eigenvalue weighted by molar-refractivity contribution is 0.169. The highest BCUT2D eigenvalue weighted by Gasteiger charge is 2.14. The van der Waals surface area contributed by atoms with Gasteiger partial charge in [-0.2, -0.15) is 0 Å². The van der Waals surface area contributed by atoms with E-state index in [0.717, 1.165) is 63.2 Å². The third kappa shape index (κ3) is 11.7. The number of rotatable bonds is 16. The fraction of sp³-hybridized carbons (Fsp3) is 0.548. The van der Waals surface area contributed by atoms with Crippen LogP contribution in [0.15, 0.2) is 48.5 Å². The molecule has 0 fully saturated rings. The van der Waals surface area contributed by atoms with Crippen LogP contribution in [0.25, 0.3) is 0 Å². The van der Waals surface area contributed by atoms with Crippen LogP contribution in [0.2, 0.25) is 0 Å². The zero-order valence-electron chi connectivity index (χ0n) is 24.8. The summed E-state index contributed by atoms with van der Waals surface area (Å²) in [5.41, 5.74) is 2.07. The van der Waals surface area contributed by atoms with Crippen LogP contribution in [0, 0.1) is 0 Å². The summed E-state index contributed by atoms with van der Waals surface area (Å²) in [6, 6.07) is 15.6. The largest absolute Gasteiger partial charge is 0.414 e. The number of ether oxygens (including phenoxy) is 2. The second-order valence-corrected chi connectivity index (χ2v) is 10.2. The first-order valence-electron chi connectivity index (χ1n) is 14.1. The lowest BCUT2D eigenvalue weighted by atomic mass is 10.1. The normalized spacial score (nSPS) is 11.1. The molecule has 39 heavy (non-hydrogen) atoms. The summed E-state index contributed by atoms with van der Waals surface area (Å²) in [5, 5.41) is 0. The summed E-state index contributed by atoms with van der Waals surface area (Å²) in [6.07, 6.45) is 5.19. The highest BCUT2D eigenvalue weighted by atomic mass is 16.6. The van der Waals surface area contributed by atoms with E-state index in [1.807, 2.05) is 48.5 Å². The molecule has 0 spiro atoms. The first-order valence-corrected chi connectivity index (χ1v) is 14.1. The molecule has 0 aromatic heterocycles. The molecule has 0 atom stereocenters. The Labute approximate surface area is 235 Å². The molecule has 8 heteroatoms. The molecule has 0 bridgehead atoms. The van der Waals surface area contributed by atoms with E-state index in [-0.39, 0.29) is 12.2 Å². The number of nitrogens with zero attached hydrogens (tertiary/aromatic N) is 4. The van der Waals surface area contributed by atoms with E-state index in [1.165, 1.54) is 29.1 Å². The van der Waals surface area contributed by atoms with Crippen LogP contribution < -0.4 is 9.47 Å². The van der Waals surface area contributed by atoms with Crippen molar-refractivity contribution in [1.29, 1.82) is 0 Å². The fourth-order valence-corrected chi connectivity index (χ4v) is 4.22. The van der Waals surface area contributed by atoms with Gasteiger partial charge >= 0.3 is 12.2 Å². The minimum Gasteiger partial charge on any atom is -0.410 e. The van der Waals surface area contributed by atoms with E-state index < -0.39 is 0 Å². The molecule has 0 N–H and O–H groups in total. The highest BCUT2D eigenvalue weighted by Crippen LogP contribution is 2.22. The molecule has 8 nitrogen and oxygen atoms in total. The van der Waals surface area contributed by atoms with Crippen LogP contribution in [-0.2, 0) is 13.1 Å². The van der Waals surface area contributed by atoms with Gasteiger partial charge in [-0.15, -0.1) is 0 Å². The number of unbranched alkanes of at least 4 members (excludes halogenated alkanes) is 4. The SMILES string of the molecule is CCN(CCCCCCCN(CC)Cc1ccccc1OC(=O)N(C)C)Cc1ccccc1OC(=O)N(C)C. The molecule has 0 radical (unpaired) electrons. The van der Waals surface area contributed by atoms with Crippen LogP contribution in [0.4, 0.5) is 9.59 Å². The maximum Gasteiger partial charge on any atom is 0.414 e. The van der Waals surface area contributed by atoms with Crippen molar-refractivity contribution in [3.05, 3.63) is 59.7 Å². The molecular formula is C31H48N4O4. The molecule has 0 saturated carbocycles. The average Bonchev–Trinajstić information content (AvgIpc) is 2.92. The molecule has 2 aromatic carbocycles. The Morgan fingerprint density at radius 1 is 0.590 bits per heavy atom. The lowest BCUT2D eigenvalue weighted by Gasteiger charge is -2.23. The van der Waals surface area contributed by atoms with Crippen molar-refractivity contribution < 1.29 is 19.1 Å². The Kier molecular flexibility index (Phi) is 14.4. The Bertz CT molecular complexity index is 932. The van der Waals surface area contributed by atoms with Gasteiger partial charge in [-0.05, 0) is 51.2 Å². The van der Waals surface area contributed by atoms with Gasteiger partial charge in [-0.1, -0.05) is 69.5 Å². The first kappa shape index (κ1) is 32.1. The highest BCUT2D eigenvalue weighted by molar-refractivity contribution is 5.71. The number of amides is 2. The molecule has 0 aliphatic carbocycles. The first-order chi connectivity index (χ1) is 18.7. The predicted molar refractivity (Wildman–Crippen MR) is 157 cm³/mol. The molecule has 0 saturated heterocycles. The number of para-hydroxylation sites is 2. The lowest BCUT2D eigenvalue weighted by Crippen LogP contribution is -2.27. The maximum absolute atomic E-state index is 12.0. The standard InChI is InChI=1S/C31H48N4O4/c1-7-34(24-26-18-12-14-20-28(26)38-30(36)32(3)4)22-16-10-9-11-17-23-35(8-2)25-27-19-13-15-21-29(27)39-31(37)33(5)6/h12-15,18-21H,7-11,16-17,22-25H2,1-6H3. The number of carbonyl (C=O) groups is 2. The predicted octanol–water partition coefficient (Wildman–Crippen LogP) is 6.10. The number of hydrogen-bond donors (Lipinski definition) is 0. The molecule has 2 amide bonds. The van der Waals surface area contributed by atoms with E-state index in [1.54, 1.807) is 28.2 Å². The summed E-state index contributed by atoms with van der Waals surface area (Å²) in [7, 11) is 6.75. The van der Waals surface area contributed by atoms with Gasteiger partial charge < -0.3 is 19.3 Å². The molecule has 0 aliphatic rings. The van der Waals surface area contributed by atoms with Crippen molar-refractivity contribution in [1.82, 2.24) is 19.6 Å². The fourth-order valence-electron chi connectivity index (χ4n) is 4.22. The zero-order chi connectivity index (χ0) is 28.6.